The average molecular weight is 254 g/mol. The Morgan fingerprint density at radius 2 is 1.84 bits per heavy atom. The Kier molecular flexibility index (Phi) is 2.77. The van der Waals surface area contributed by atoms with E-state index in [1.54, 1.807) is 0 Å². The number of aryl methyl sites for hydroxylation is 1. The van der Waals surface area contributed by atoms with Crippen molar-refractivity contribution in [1.82, 2.24) is 4.98 Å². The van der Waals surface area contributed by atoms with Gasteiger partial charge in [-0.05, 0) is 54.4 Å². The monoisotopic (exact) mass is 254 g/mol. The summed E-state index contributed by atoms with van der Waals surface area (Å²) in [6.07, 6.45) is 4.65. The van der Waals surface area contributed by atoms with Gasteiger partial charge in [0.1, 0.15) is 0 Å². The lowest BCUT2D eigenvalue weighted by Gasteiger charge is -2.22. The third-order valence-electron chi connectivity index (χ3n) is 4.17. The third-order valence-corrected chi connectivity index (χ3v) is 4.17. The molecule has 0 radical (unpaired) electrons. The van der Waals surface area contributed by atoms with Crippen LogP contribution < -0.4 is 5.73 Å². The molecule has 1 aromatic heterocycles. The molecule has 0 saturated carbocycles. The van der Waals surface area contributed by atoms with E-state index in [-0.39, 0.29) is 5.41 Å². The summed E-state index contributed by atoms with van der Waals surface area (Å²) in [7, 11) is 0. The number of pyridine rings is 1. The number of nitrogens with zero attached hydrogens (tertiary/aromatic N) is 1. The second-order valence-corrected chi connectivity index (χ2v) is 6.64. The number of nitrogens with two attached hydrogens (primary N) is 1. The molecule has 0 aliphatic heterocycles. The van der Waals surface area contributed by atoms with Crippen LogP contribution in [0.2, 0.25) is 0 Å². The minimum absolute atomic E-state index is 0.149. The first-order valence-corrected chi connectivity index (χ1v) is 7.18. The summed E-state index contributed by atoms with van der Waals surface area (Å²) in [6, 6.07) is 6.54. The Balaban J connectivity index is 2.25. The molecular formula is C17H22N2. The Bertz CT molecular complexity index is 636. The molecule has 1 aliphatic carbocycles. The number of anilines is 1. The van der Waals surface area contributed by atoms with Crippen LogP contribution in [0.1, 0.15) is 50.4 Å². The zero-order valence-electron chi connectivity index (χ0n) is 12.1. The predicted molar refractivity (Wildman–Crippen MR) is 81.5 cm³/mol. The number of rotatable bonds is 0. The van der Waals surface area contributed by atoms with Gasteiger partial charge in [0.15, 0.2) is 0 Å². The van der Waals surface area contributed by atoms with Gasteiger partial charge < -0.3 is 5.73 Å². The highest BCUT2D eigenvalue weighted by Crippen LogP contribution is 2.33. The van der Waals surface area contributed by atoms with Gasteiger partial charge in [-0.2, -0.15) is 0 Å². The Hall–Kier alpha value is -1.57. The molecule has 3 rings (SSSR count). The molecular weight excluding hydrogens is 232 g/mol. The van der Waals surface area contributed by atoms with Crippen molar-refractivity contribution in [1.29, 1.82) is 0 Å². The van der Waals surface area contributed by atoms with Crippen molar-refractivity contribution in [2.24, 2.45) is 0 Å². The fourth-order valence-corrected chi connectivity index (χ4v) is 2.93. The molecule has 2 aromatic rings. The van der Waals surface area contributed by atoms with Crippen molar-refractivity contribution in [3.05, 3.63) is 35.0 Å². The van der Waals surface area contributed by atoms with E-state index in [4.69, 9.17) is 10.7 Å². The molecule has 2 N–H and O–H groups in total. The third kappa shape index (κ3) is 2.09. The van der Waals surface area contributed by atoms with E-state index in [2.05, 4.69) is 39.0 Å². The summed E-state index contributed by atoms with van der Waals surface area (Å²) in [5, 5.41) is 1.13. The molecule has 0 saturated heterocycles. The highest BCUT2D eigenvalue weighted by molar-refractivity contribution is 5.93. The van der Waals surface area contributed by atoms with Crippen LogP contribution in [0.3, 0.4) is 0 Å². The molecule has 100 valence electrons. The zero-order chi connectivity index (χ0) is 13.6. The molecule has 1 heterocycles. The van der Waals surface area contributed by atoms with Crippen molar-refractivity contribution in [3.63, 3.8) is 0 Å². The maximum Gasteiger partial charge on any atom is 0.0726 e. The maximum atomic E-state index is 6.41. The minimum Gasteiger partial charge on any atom is -0.398 e. The van der Waals surface area contributed by atoms with E-state index >= 15 is 0 Å². The van der Waals surface area contributed by atoms with Gasteiger partial charge in [0, 0.05) is 16.8 Å². The van der Waals surface area contributed by atoms with Crippen LogP contribution in [0.15, 0.2) is 18.2 Å². The molecule has 0 spiro atoms. The average Bonchev–Trinajstić information content (AvgIpc) is 2.37. The van der Waals surface area contributed by atoms with Gasteiger partial charge in [-0.25, -0.2) is 0 Å². The minimum atomic E-state index is 0.149. The number of nitrogen functional groups attached to an aromatic ring is 1. The van der Waals surface area contributed by atoms with E-state index in [0.717, 1.165) is 29.4 Å². The van der Waals surface area contributed by atoms with Crippen molar-refractivity contribution in [2.75, 3.05) is 5.73 Å². The molecule has 0 atom stereocenters. The van der Waals surface area contributed by atoms with Gasteiger partial charge >= 0.3 is 0 Å². The Morgan fingerprint density at radius 1 is 1.11 bits per heavy atom. The first-order valence-electron chi connectivity index (χ1n) is 7.18. The van der Waals surface area contributed by atoms with Crippen molar-refractivity contribution >= 4 is 16.6 Å². The van der Waals surface area contributed by atoms with Crippen LogP contribution in [0.5, 0.6) is 0 Å². The highest BCUT2D eigenvalue weighted by atomic mass is 14.7. The molecule has 0 amide bonds. The van der Waals surface area contributed by atoms with E-state index in [9.17, 15) is 0 Å². The predicted octanol–water partition coefficient (Wildman–Crippen LogP) is 3.99. The maximum absolute atomic E-state index is 6.41. The lowest BCUT2D eigenvalue weighted by molar-refractivity contribution is 0.591. The fraction of sp³-hybridized carbons (Fsp3) is 0.471. The van der Waals surface area contributed by atoms with E-state index in [1.807, 2.05) is 0 Å². The second-order valence-electron chi connectivity index (χ2n) is 6.64. The fourth-order valence-electron chi connectivity index (χ4n) is 2.93. The largest absolute Gasteiger partial charge is 0.398 e. The van der Waals surface area contributed by atoms with Gasteiger partial charge in [0.2, 0.25) is 0 Å². The van der Waals surface area contributed by atoms with Gasteiger partial charge in [0.05, 0.1) is 5.52 Å². The number of hydrogen-bond donors (Lipinski definition) is 1. The van der Waals surface area contributed by atoms with E-state index in [0.29, 0.717) is 0 Å². The van der Waals surface area contributed by atoms with Crippen LogP contribution in [-0.2, 0) is 18.3 Å². The van der Waals surface area contributed by atoms with Gasteiger partial charge in [-0.1, -0.05) is 26.8 Å². The molecule has 0 unspecified atom stereocenters. The normalized spacial score (nSPS) is 15.5. The molecule has 2 heteroatoms. The molecule has 1 aromatic carbocycles. The second kappa shape index (κ2) is 4.22. The lowest BCUT2D eigenvalue weighted by Crippen LogP contribution is -2.12. The lowest BCUT2D eigenvalue weighted by atomic mass is 9.85. The summed E-state index contributed by atoms with van der Waals surface area (Å²) in [6.45, 7) is 6.70. The standard InChI is InChI=1S/C17H22N2/c1-17(2,3)11-8-9-15-13(10-11)16(18)12-6-4-5-7-14(12)19-15/h8-10H,4-7H2,1-3H3,(H2,18,19). The molecule has 2 nitrogen and oxygen atoms in total. The van der Waals surface area contributed by atoms with Gasteiger partial charge in [-0.3, -0.25) is 4.98 Å². The number of hydrogen-bond acceptors (Lipinski definition) is 2. The molecule has 0 bridgehead atoms. The number of fused-ring (bicyclic) bond motifs is 2. The van der Waals surface area contributed by atoms with Crippen LogP contribution in [-0.4, -0.2) is 4.98 Å². The summed E-state index contributed by atoms with van der Waals surface area (Å²) in [4.78, 5) is 4.82. The van der Waals surface area contributed by atoms with Crippen molar-refractivity contribution < 1.29 is 0 Å². The van der Waals surface area contributed by atoms with Crippen molar-refractivity contribution in [2.45, 2.75) is 51.9 Å². The molecule has 1 aliphatic rings. The summed E-state index contributed by atoms with van der Waals surface area (Å²) in [5.74, 6) is 0. The molecule has 19 heavy (non-hydrogen) atoms. The quantitative estimate of drug-likeness (QED) is 0.772. The zero-order valence-corrected chi connectivity index (χ0v) is 12.1. The van der Waals surface area contributed by atoms with Gasteiger partial charge in [-0.15, -0.1) is 0 Å². The van der Waals surface area contributed by atoms with Crippen LogP contribution in [0, 0.1) is 0 Å². The summed E-state index contributed by atoms with van der Waals surface area (Å²) in [5.41, 5.74) is 12.4. The van der Waals surface area contributed by atoms with Crippen LogP contribution >= 0.6 is 0 Å². The van der Waals surface area contributed by atoms with Crippen LogP contribution in [0.25, 0.3) is 10.9 Å². The summed E-state index contributed by atoms with van der Waals surface area (Å²) >= 11 is 0. The SMILES string of the molecule is CC(C)(C)c1ccc2nc3c(c(N)c2c1)CCCC3. The summed E-state index contributed by atoms with van der Waals surface area (Å²) < 4.78 is 0. The van der Waals surface area contributed by atoms with E-state index < -0.39 is 0 Å². The first-order chi connectivity index (χ1) is 8.97. The Labute approximate surface area is 115 Å². The number of aromatic nitrogens is 1. The van der Waals surface area contributed by atoms with Gasteiger partial charge in [0.25, 0.3) is 0 Å². The van der Waals surface area contributed by atoms with E-state index in [1.165, 1.54) is 29.7 Å². The highest BCUT2D eigenvalue weighted by Gasteiger charge is 2.19. The van der Waals surface area contributed by atoms with Crippen LogP contribution in [0.4, 0.5) is 5.69 Å². The smallest absolute Gasteiger partial charge is 0.0726 e. The number of benzene rings is 1. The first kappa shape index (κ1) is 12.5. The molecule has 0 fully saturated rings. The Morgan fingerprint density at radius 3 is 2.58 bits per heavy atom. The van der Waals surface area contributed by atoms with Crippen molar-refractivity contribution in [3.8, 4) is 0 Å². The topological polar surface area (TPSA) is 38.9 Å².